The van der Waals surface area contributed by atoms with Gasteiger partial charge in [0.1, 0.15) is 5.82 Å². The number of aromatic nitrogens is 1. The summed E-state index contributed by atoms with van der Waals surface area (Å²) in [6, 6.07) is 8.62. The van der Waals surface area contributed by atoms with Gasteiger partial charge in [-0.3, -0.25) is 4.79 Å². The summed E-state index contributed by atoms with van der Waals surface area (Å²) in [6.07, 6.45) is 6.32. The smallest absolute Gasteiger partial charge is 0.230 e. The Labute approximate surface area is 171 Å². The zero-order valence-corrected chi connectivity index (χ0v) is 17.4. The van der Waals surface area contributed by atoms with Crippen molar-refractivity contribution in [1.82, 2.24) is 4.98 Å². The fourth-order valence-corrected chi connectivity index (χ4v) is 4.74. The molecule has 2 aromatic rings. The number of nitrogens with one attached hydrogen (secondary N) is 1. The molecule has 7 nitrogen and oxygen atoms in total. The molecule has 1 N–H and O–H groups in total. The summed E-state index contributed by atoms with van der Waals surface area (Å²) in [5.41, 5.74) is 2.14. The maximum absolute atomic E-state index is 13.5. The van der Waals surface area contributed by atoms with Gasteiger partial charge in [-0.25, -0.2) is 13.4 Å². The van der Waals surface area contributed by atoms with Gasteiger partial charge in [-0.15, -0.1) is 0 Å². The highest BCUT2D eigenvalue weighted by molar-refractivity contribution is 7.90. The third-order valence-electron chi connectivity index (χ3n) is 5.78. The van der Waals surface area contributed by atoms with E-state index in [1.807, 2.05) is 12.1 Å². The summed E-state index contributed by atoms with van der Waals surface area (Å²) in [7, 11) is -1.69. The Morgan fingerprint density at radius 3 is 2.66 bits per heavy atom. The number of methoxy groups -OCH3 is 1. The maximum Gasteiger partial charge on any atom is 0.230 e. The first-order chi connectivity index (χ1) is 13.9. The van der Waals surface area contributed by atoms with Crippen LogP contribution in [0.2, 0.25) is 0 Å². The minimum Gasteiger partial charge on any atom is -0.381 e. The fraction of sp³-hybridized carbons (Fsp3) is 0.429. The molecule has 154 valence electrons. The molecule has 1 fully saturated rings. The Morgan fingerprint density at radius 1 is 1.21 bits per heavy atom. The molecule has 1 saturated carbocycles. The van der Waals surface area contributed by atoms with E-state index in [1.165, 1.54) is 6.26 Å². The van der Waals surface area contributed by atoms with Crippen molar-refractivity contribution in [2.24, 2.45) is 5.92 Å². The molecule has 0 bridgehead atoms. The van der Waals surface area contributed by atoms with E-state index in [2.05, 4.69) is 10.3 Å². The molecule has 2 heterocycles. The second kappa shape index (κ2) is 7.76. The molecule has 2 aliphatic rings. The topological polar surface area (TPSA) is 88.6 Å². The molecule has 4 rings (SSSR count). The van der Waals surface area contributed by atoms with Crippen LogP contribution in [0.4, 0.5) is 17.2 Å². The van der Waals surface area contributed by atoms with Crippen LogP contribution in [-0.2, 0) is 25.9 Å². The average Bonchev–Trinajstić information content (AvgIpc) is 2.88. The number of ether oxygens (including phenoxy) is 1. The van der Waals surface area contributed by atoms with Crippen molar-refractivity contribution in [2.75, 3.05) is 23.6 Å². The number of amides is 1. The minimum atomic E-state index is -3.40. The minimum absolute atomic E-state index is 0.0185. The summed E-state index contributed by atoms with van der Waals surface area (Å²) in [4.78, 5) is 19.8. The molecule has 1 aromatic carbocycles. The lowest BCUT2D eigenvalue weighted by Gasteiger charge is -2.32. The molecule has 1 amide bonds. The Morgan fingerprint density at radius 2 is 1.97 bits per heavy atom. The number of nitrogens with zero attached hydrogens (tertiary/aromatic N) is 2. The summed E-state index contributed by atoms with van der Waals surface area (Å²) >= 11 is 0. The predicted molar refractivity (Wildman–Crippen MR) is 111 cm³/mol. The summed E-state index contributed by atoms with van der Waals surface area (Å²) in [5.74, 6) is 0.596. The van der Waals surface area contributed by atoms with Crippen molar-refractivity contribution < 1.29 is 17.9 Å². The van der Waals surface area contributed by atoms with Gasteiger partial charge < -0.3 is 15.0 Å². The van der Waals surface area contributed by atoms with Crippen molar-refractivity contribution in [1.29, 1.82) is 0 Å². The van der Waals surface area contributed by atoms with Crippen LogP contribution < -0.4 is 10.2 Å². The van der Waals surface area contributed by atoms with Crippen LogP contribution in [0.5, 0.6) is 0 Å². The molecule has 8 heteroatoms. The molecular weight excluding hydrogens is 390 g/mol. The number of hydrogen-bond acceptors (Lipinski definition) is 6. The van der Waals surface area contributed by atoms with Gasteiger partial charge in [0.2, 0.25) is 5.91 Å². The second-order valence-corrected chi connectivity index (χ2v) is 9.74. The molecule has 0 unspecified atom stereocenters. The van der Waals surface area contributed by atoms with Crippen LogP contribution in [-0.4, -0.2) is 38.8 Å². The molecule has 0 atom stereocenters. The molecule has 0 radical (unpaired) electrons. The van der Waals surface area contributed by atoms with Crippen LogP contribution in [0, 0.1) is 5.92 Å². The summed E-state index contributed by atoms with van der Waals surface area (Å²) in [6.45, 7) is 0.347. The third kappa shape index (κ3) is 4.00. The van der Waals surface area contributed by atoms with Gasteiger partial charge >= 0.3 is 0 Å². The number of hydrogen-bond donors (Lipinski definition) is 1. The lowest BCUT2D eigenvalue weighted by atomic mass is 9.86. The van der Waals surface area contributed by atoms with Gasteiger partial charge in [-0.05, 0) is 49.9 Å². The summed E-state index contributed by atoms with van der Waals surface area (Å²) < 4.78 is 29.7. The SMILES string of the molecule is COC1CCC(C(=O)N2Cc3cccnc3Nc3ccc(S(C)(=O)=O)cc32)CC1. The first-order valence-corrected chi connectivity index (χ1v) is 11.6. The zero-order chi connectivity index (χ0) is 20.6. The van der Waals surface area contributed by atoms with Crippen molar-refractivity contribution in [3.63, 3.8) is 0 Å². The van der Waals surface area contributed by atoms with Crippen LogP contribution in [0.25, 0.3) is 0 Å². The fourth-order valence-electron chi connectivity index (χ4n) is 4.10. The van der Waals surface area contributed by atoms with E-state index in [0.29, 0.717) is 23.7 Å². The highest BCUT2D eigenvalue weighted by atomic mass is 32.2. The number of anilines is 3. The number of sulfone groups is 1. The Balaban J connectivity index is 1.74. The molecule has 0 saturated heterocycles. The van der Waals surface area contributed by atoms with E-state index in [9.17, 15) is 13.2 Å². The van der Waals surface area contributed by atoms with Gasteiger partial charge in [0.15, 0.2) is 9.84 Å². The van der Waals surface area contributed by atoms with Gasteiger partial charge in [0.05, 0.1) is 28.9 Å². The maximum atomic E-state index is 13.5. The predicted octanol–water partition coefficient (Wildman–Crippen LogP) is 3.28. The number of fused-ring (bicyclic) bond motifs is 2. The number of carbonyl (C=O) groups is 1. The van der Waals surface area contributed by atoms with Gasteiger partial charge in [0, 0.05) is 31.0 Å². The molecule has 1 aliphatic carbocycles. The van der Waals surface area contributed by atoms with Crippen molar-refractivity contribution >= 4 is 32.9 Å². The standard InChI is InChI=1S/C21H25N3O4S/c1-28-16-7-5-14(6-8-16)21(25)24-13-15-4-3-11-22-20(15)23-18-10-9-17(12-19(18)24)29(2,26)27/h3-4,9-12,14,16H,5-8,13H2,1-2H3,(H,22,23). The van der Waals surface area contributed by atoms with Crippen LogP contribution in [0.1, 0.15) is 31.2 Å². The molecule has 1 aromatic heterocycles. The Hall–Kier alpha value is -2.45. The van der Waals surface area contributed by atoms with Gasteiger partial charge in [-0.2, -0.15) is 0 Å². The van der Waals surface area contributed by atoms with Crippen LogP contribution in [0.3, 0.4) is 0 Å². The van der Waals surface area contributed by atoms with E-state index in [0.717, 1.165) is 31.2 Å². The largest absolute Gasteiger partial charge is 0.381 e. The van der Waals surface area contributed by atoms with Crippen LogP contribution in [0.15, 0.2) is 41.4 Å². The number of pyridine rings is 1. The monoisotopic (exact) mass is 415 g/mol. The number of carbonyl (C=O) groups excluding carboxylic acids is 1. The quantitative estimate of drug-likeness (QED) is 0.828. The third-order valence-corrected chi connectivity index (χ3v) is 6.89. The lowest BCUT2D eigenvalue weighted by molar-refractivity contribution is -0.124. The molecular formula is C21H25N3O4S. The first kappa shape index (κ1) is 19.8. The number of benzene rings is 1. The van der Waals surface area contributed by atoms with E-state index in [-0.39, 0.29) is 22.8 Å². The van der Waals surface area contributed by atoms with Crippen molar-refractivity contribution in [3.8, 4) is 0 Å². The van der Waals surface area contributed by atoms with Crippen molar-refractivity contribution in [3.05, 3.63) is 42.1 Å². The Kier molecular flexibility index (Phi) is 5.31. The molecule has 0 spiro atoms. The number of rotatable bonds is 3. The summed E-state index contributed by atoms with van der Waals surface area (Å²) in [5, 5.41) is 3.27. The van der Waals surface area contributed by atoms with Crippen molar-refractivity contribution in [2.45, 2.75) is 43.2 Å². The van der Waals surface area contributed by atoms with Gasteiger partial charge in [-0.1, -0.05) is 6.07 Å². The highest BCUT2D eigenvalue weighted by Gasteiger charge is 2.33. The molecule has 1 aliphatic heterocycles. The van der Waals surface area contributed by atoms with Gasteiger partial charge in [0.25, 0.3) is 0 Å². The van der Waals surface area contributed by atoms with Crippen LogP contribution >= 0.6 is 0 Å². The normalized spacial score (nSPS) is 21.5. The first-order valence-electron chi connectivity index (χ1n) is 9.76. The average molecular weight is 416 g/mol. The van der Waals surface area contributed by atoms with E-state index in [1.54, 1.807) is 36.4 Å². The Bertz CT molecular complexity index is 1030. The highest BCUT2D eigenvalue weighted by Crippen LogP contribution is 2.38. The molecule has 29 heavy (non-hydrogen) atoms. The van der Waals surface area contributed by atoms with E-state index in [4.69, 9.17) is 4.74 Å². The lowest BCUT2D eigenvalue weighted by Crippen LogP contribution is -2.38. The zero-order valence-electron chi connectivity index (χ0n) is 16.6. The van der Waals surface area contributed by atoms with E-state index < -0.39 is 9.84 Å². The second-order valence-electron chi connectivity index (χ2n) is 7.72. The van der Waals surface area contributed by atoms with E-state index >= 15 is 0 Å².